The monoisotopic (exact) mass is 211 g/mol. The standard InChI is InChI=1S/C6H14NO5P/c1-5(2)3-11-13(10)12-4-6(8)7-9/h5,9,13H,3-4H2,1-2H3,(H,7,8). The lowest BCUT2D eigenvalue weighted by atomic mass is 10.2. The van der Waals surface area contributed by atoms with E-state index in [2.05, 4.69) is 4.52 Å². The average Bonchev–Trinajstić information content (AvgIpc) is 2.10. The van der Waals surface area contributed by atoms with Gasteiger partial charge in [0.2, 0.25) is 0 Å². The van der Waals surface area contributed by atoms with Crippen LogP contribution in [0.5, 0.6) is 0 Å². The second kappa shape index (κ2) is 7.03. The van der Waals surface area contributed by atoms with Gasteiger partial charge in [0.1, 0.15) is 6.61 Å². The van der Waals surface area contributed by atoms with E-state index < -0.39 is 20.8 Å². The van der Waals surface area contributed by atoms with E-state index in [0.29, 0.717) is 6.61 Å². The molecule has 0 saturated heterocycles. The van der Waals surface area contributed by atoms with E-state index in [4.69, 9.17) is 9.73 Å². The number of carbonyl (C=O) groups excluding carboxylic acids is 1. The zero-order valence-corrected chi connectivity index (χ0v) is 8.57. The van der Waals surface area contributed by atoms with Crippen LogP contribution in [0.25, 0.3) is 0 Å². The van der Waals surface area contributed by atoms with Crippen molar-refractivity contribution in [2.24, 2.45) is 5.92 Å². The number of rotatable bonds is 6. The van der Waals surface area contributed by atoms with Gasteiger partial charge in [0.15, 0.2) is 0 Å². The Hall–Kier alpha value is -0.420. The SMILES string of the molecule is CC(C)CO[PH](=O)OCC(=O)NO. The first-order chi connectivity index (χ1) is 6.06. The fourth-order valence-electron chi connectivity index (χ4n) is 0.433. The summed E-state index contributed by atoms with van der Waals surface area (Å²) in [5, 5.41) is 8.05. The molecule has 0 rings (SSSR count). The number of hydroxylamine groups is 1. The van der Waals surface area contributed by atoms with Gasteiger partial charge in [-0.3, -0.25) is 14.6 Å². The summed E-state index contributed by atoms with van der Waals surface area (Å²) in [7, 11) is -2.61. The molecule has 1 amide bonds. The molecule has 0 heterocycles. The van der Waals surface area contributed by atoms with Crippen LogP contribution in [0, 0.1) is 5.92 Å². The molecular weight excluding hydrogens is 197 g/mol. The lowest BCUT2D eigenvalue weighted by Crippen LogP contribution is -2.22. The fourth-order valence-corrected chi connectivity index (χ4v) is 1.23. The highest BCUT2D eigenvalue weighted by molar-refractivity contribution is 7.33. The zero-order chi connectivity index (χ0) is 10.3. The van der Waals surface area contributed by atoms with Crippen LogP contribution in [-0.4, -0.2) is 24.3 Å². The van der Waals surface area contributed by atoms with Gasteiger partial charge in [-0.1, -0.05) is 13.8 Å². The molecule has 7 heteroatoms. The van der Waals surface area contributed by atoms with E-state index in [1.807, 2.05) is 13.8 Å². The van der Waals surface area contributed by atoms with Gasteiger partial charge in [0.05, 0.1) is 6.61 Å². The van der Waals surface area contributed by atoms with Gasteiger partial charge >= 0.3 is 8.25 Å². The minimum atomic E-state index is -2.61. The summed E-state index contributed by atoms with van der Waals surface area (Å²) in [5.74, 6) is -0.504. The van der Waals surface area contributed by atoms with Gasteiger partial charge in [-0.05, 0) is 5.92 Å². The Morgan fingerprint density at radius 1 is 1.54 bits per heavy atom. The Morgan fingerprint density at radius 3 is 2.62 bits per heavy atom. The number of carbonyl (C=O) groups is 1. The summed E-state index contributed by atoms with van der Waals surface area (Å²) in [6, 6.07) is 0. The van der Waals surface area contributed by atoms with Crippen molar-refractivity contribution in [1.82, 2.24) is 5.48 Å². The summed E-state index contributed by atoms with van der Waals surface area (Å²) in [6.07, 6.45) is 0. The highest BCUT2D eigenvalue weighted by Gasteiger charge is 2.05. The third kappa shape index (κ3) is 7.93. The Bertz CT molecular complexity index is 184. The summed E-state index contributed by atoms with van der Waals surface area (Å²) < 4.78 is 20.1. The largest absolute Gasteiger partial charge is 0.319 e. The van der Waals surface area contributed by atoms with Gasteiger partial charge < -0.3 is 9.05 Å². The highest BCUT2D eigenvalue weighted by atomic mass is 31.1. The maximum atomic E-state index is 10.8. The van der Waals surface area contributed by atoms with E-state index in [1.54, 1.807) is 0 Å². The molecule has 1 unspecified atom stereocenters. The van der Waals surface area contributed by atoms with Gasteiger partial charge in [0, 0.05) is 0 Å². The smallest absolute Gasteiger partial charge is 0.310 e. The maximum Gasteiger partial charge on any atom is 0.319 e. The molecule has 0 aliphatic heterocycles. The molecule has 0 spiro atoms. The number of hydrogen-bond acceptors (Lipinski definition) is 5. The Kier molecular flexibility index (Phi) is 6.80. The first-order valence-electron chi connectivity index (χ1n) is 3.78. The zero-order valence-electron chi connectivity index (χ0n) is 7.57. The van der Waals surface area contributed by atoms with Crippen molar-refractivity contribution in [2.45, 2.75) is 13.8 Å². The molecule has 6 nitrogen and oxygen atoms in total. The lowest BCUT2D eigenvalue weighted by Gasteiger charge is -2.06. The van der Waals surface area contributed by atoms with Crippen molar-refractivity contribution in [2.75, 3.05) is 13.2 Å². The molecule has 13 heavy (non-hydrogen) atoms. The second-order valence-electron chi connectivity index (χ2n) is 2.78. The third-order valence-corrected chi connectivity index (χ3v) is 1.76. The molecule has 0 aromatic heterocycles. The first-order valence-corrected chi connectivity index (χ1v) is 5.01. The van der Waals surface area contributed by atoms with E-state index in [0.717, 1.165) is 0 Å². The summed E-state index contributed by atoms with van der Waals surface area (Å²) >= 11 is 0. The minimum absolute atomic E-state index is 0.254. The van der Waals surface area contributed by atoms with Crippen molar-refractivity contribution in [3.8, 4) is 0 Å². The molecule has 1 atom stereocenters. The van der Waals surface area contributed by atoms with Crippen LogP contribution < -0.4 is 5.48 Å². The normalized spacial score (nSPS) is 12.9. The van der Waals surface area contributed by atoms with E-state index in [-0.39, 0.29) is 5.92 Å². The molecule has 0 aliphatic carbocycles. The van der Waals surface area contributed by atoms with E-state index in [1.165, 1.54) is 5.48 Å². The molecule has 0 fully saturated rings. The molecule has 0 aromatic carbocycles. The lowest BCUT2D eigenvalue weighted by molar-refractivity contribution is -0.131. The third-order valence-electron chi connectivity index (χ3n) is 0.980. The van der Waals surface area contributed by atoms with Crippen LogP contribution in [0.15, 0.2) is 0 Å². The van der Waals surface area contributed by atoms with Crippen molar-refractivity contribution < 1.29 is 23.6 Å². The van der Waals surface area contributed by atoms with Crippen LogP contribution in [0.4, 0.5) is 0 Å². The quantitative estimate of drug-likeness (QED) is 0.381. The Labute approximate surface area is 77.1 Å². The second-order valence-corrected chi connectivity index (χ2v) is 3.86. The summed E-state index contributed by atoms with van der Waals surface area (Å²) in [5.41, 5.74) is 1.34. The number of amides is 1. The summed E-state index contributed by atoms with van der Waals surface area (Å²) in [4.78, 5) is 10.4. The molecule has 2 N–H and O–H groups in total. The van der Waals surface area contributed by atoms with Crippen LogP contribution in [0.2, 0.25) is 0 Å². The molecule has 0 saturated carbocycles. The van der Waals surface area contributed by atoms with Gasteiger partial charge in [-0.25, -0.2) is 5.48 Å². The van der Waals surface area contributed by atoms with Crippen molar-refractivity contribution >= 4 is 14.2 Å². The molecule has 0 aromatic rings. The minimum Gasteiger partial charge on any atom is -0.310 e. The Balaban J connectivity index is 3.46. The van der Waals surface area contributed by atoms with Gasteiger partial charge in [-0.15, -0.1) is 0 Å². The van der Waals surface area contributed by atoms with Crippen LogP contribution >= 0.6 is 8.25 Å². The molecule has 0 bridgehead atoms. The van der Waals surface area contributed by atoms with Gasteiger partial charge in [0.25, 0.3) is 5.91 Å². The van der Waals surface area contributed by atoms with Crippen molar-refractivity contribution in [1.29, 1.82) is 0 Å². The van der Waals surface area contributed by atoms with Crippen LogP contribution in [0.1, 0.15) is 13.8 Å². The number of hydrogen-bond donors (Lipinski definition) is 2. The van der Waals surface area contributed by atoms with Crippen LogP contribution in [-0.2, 0) is 18.4 Å². The summed E-state index contributed by atoms with van der Waals surface area (Å²) in [6.45, 7) is 3.65. The number of nitrogens with one attached hydrogen (secondary N) is 1. The molecule has 0 aliphatic rings. The first kappa shape index (κ1) is 12.6. The topological polar surface area (TPSA) is 84.9 Å². The highest BCUT2D eigenvalue weighted by Crippen LogP contribution is 2.23. The Morgan fingerprint density at radius 2 is 2.15 bits per heavy atom. The fraction of sp³-hybridized carbons (Fsp3) is 0.833. The van der Waals surface area contributed by atoms with Crippen LogP contribution in [0.3, 0.4) is 0 Å². The van der Waals surface area contributed by atoms with E-state index >= 15 is 0 Å². The molecule has 0 radical (unpaired) electrons. The average molecular weight is 211 g/mol. The predicted molar refractivity (Wildman–Crippen MR) is 45.7 cm³/mol. The van der Waals surface area contributed by atoms with Crippen molar-refractivity contribution in [3.63, 3.8) is 0 Å². The molecular formula is C6H14NO5P. The molecule has 78 valence electrons. The van der Waals surface area contributed by atoms with E-state index in [9.17, 15) is 9.36 Å². The maximum absolute atomic E-state index is 10.8. The van der Waals surface area contributed by atoms with Crippen molar-refractivity contribution in [3.05, 3.63) is 0 Å². The predicted octanol–water partition coefficient (Wildman–Crippen LogP) is 0.571. The van der Waals surface area contributed by atoms with Gasteiger partial charge in [-0.2, -0.15) is 0 Å².